The summed E-state index contributed by atoms with van der Waals surface area (Å²) in [5.74, 6) is -3.41. The molecule has 1 atom stereocenters. The van der Waals surface area contributed by atoms with Gasteiger partial charge in [-0.25, -0.2) is 13.6 Å². The average Bonchev–Trinajstić information content (AvgIpc) is 2.31. The molecule has 0 aliphatic rings. The van der Waals surface area contributed by atoms with Crippen molar-refractivity contribution in [3.63, 3.8) is 0 Å². The summed E-state index contributed by atoms with van der Waals surface area (Å²) < 4.78 is 30.8. The summed E-state index contributed by atoms with van der Waals surface area (Å²) in [4.78, 5) is 11.3. The fourth-order valence-corrected chi connectivity index (χ4v) is 2.22. The third kappa shape index (κ3) is 9.62. The Bertz CT molecular complexity index is 282. The van der Waals surface area contributed by atoms with E-state index in [1.165, 1.54) is 7.11 Å². The van der Waals surface area contributed by atoms with Crippen LogP contribution in [-0.2, 0) is 9.53 Å². The van der Waals surface area contributed by atoms with Gasteiger partial charge in [0.1, 0.15) is 0 Å². The zero-order chi connectivity index (χ0) is 14.9. The monoisotopic (exact) mass is 276 g/mol. The summed E-state index contributed by atoms with van der Waals surface area (Å²) in [5.41, 5.74) is 0.284. The Morgan fingerprint density at radius 2 is 1.95 bits per heavy atom. The highest BCUT2D eigenvalue weighted by molar-refractivity contribution is 5.87. The topological polar surface area (TPSA) is 26.3 Å². The normalized spacial score (nSPS) is 13.1. The van der Waals surface area contributed by atoms with Gasteiger partial charge in [-0.1, -0.05) is 39.2 Å². The van der Waals surface area contributed by atoms with Crippen molar-refractivity contribution in [2.45, 2.75) is 64.7 Å². The van der Waals surface area contributed by atoms with Crippen LogP contribution in [0, 0.1) is 5.92 Å². The van der Waals surface area contributed by atoms with Crippen LogP contribution in [0.2, 0.25) is 0 Å². The predicted molar refractivity (Wildman–Crippen MR) is 73.3 cm³/mol. The smallest absolute Gasteiger partial charge is 0.333 e. The van der Waals surface area contributed by atoms with E-state index in [9.17, 15) is 13.6 Å². The van der Waals surface area contributed by atoms with E-state index in [-0.39, 0.29) is 17.9 Å². The first-order valence-corrected chi connectivity index (χ1v) is 6.94. The maximum absolute atomic E-state index is 13.1. The van der Waals surface area contributed by atoms with E-state index in [4.69, 9.17) is 0 Å². The minimum absolute atomic E-state index is 0.199. The van der Waals surface area contributed by atoms with E-state index < -0.39 is 11.9 Å². The van der Waals surface area contributed by atoms with Crippen molar-refractivity contribution in [3.05, 3.63) is 12.2 Å². The van der Waals surface area contributed by atoms with Crippen LogP contribution < -0.4 is 0 Å². The summed E-state index contributed by atoms with van der Waals surface area (Å²) in [7, 11) is 1.28. The number of halogens is 2. The number of methoxy groups -OCH3 is 1. The lowest BCUT2D eigenvalue weighted by molar-refractivity contribution is -0.136. The van der Waals surface area contributed by atoms with E-state index in [1.807, 2.05) is 0 Å². The largest absolute Gasteiger partial charge is 0.466 e. The SMILES string of the molecule is C=C(C[C@H](CCCCCC)CC(C)(F)F)C(=O)OC. The Balaban J connectivity index is 4.33. The molecule has 0 heterocycles. The predicted octanol–water partition coefficient (Wildman–Crippen LogP) is 4.74. The van der Waals surface area contributed by atoms with Gasteiger partial charge in [0.2, 0.25) is 5.92 Å². The molecule has 0 saturated heterocycles. The van der Waals surface area contributed by atoms with Gasteiger partial charge in [0.15, 0.2) is 0 Å². The van der Waals surface area contributed by atoms with Gasteiger partial charge in [-0.2, -0.15) is 0 Å². The molecule has 0 aliphatic carbocycles. The maximum atomic E-state index is 13.1. The van der Waals surface area contributed by atoms with Crippen molar-refractivity contribution in [3.8, 4) is 0 Å². The Morgan fingerprint density at radius 1 is 1.32 bits per heavy atom. The zero-order valence-corrected chi connectivity index (χ0v) is 12.3. The molecule has 0 aliphatic heterocycles. The van der Waals surface area contributed by atoms with Gasteiger partial charge in [-0.3, -0.25) is 0 Å². The van der Waals surface area contributed by atoms with Gasteiger partial charge in [0, 0.05) is 12.0 Å². The van der Waals surface area contributed by atoms with E-state index in [0.717, 1.165) is 32.6 Å². The second-order valence-electron chi connectivity index (χ2n) is 5.29. The molecule has 0 bridgehead atoms. The Morgan fingerprint density at radius 3 is 2.42 bits per heavy atom. The van der Waals surface area contributed by atoms with Gasteiger partial charge in [0.25, 0.3) is 0 Å². The summed E-state index contributed by atoms with van der Waals surface area (Å²) in [6.45, 7) is 6.65. The van der Waals surface area contributed by atoms with Crippen molar-refractivity contribution >= 4 is 5.97 Å². The second kappa shape index (κ2) is 9.05. The van der Waals surface area contributed by atoms with Crippen LogP contribution in [0.5, 0.6) is 0 Å². The van der Waals surface area contributed by atoms with Crippen LogP contribution in [-0.4, -0.2) is 19.0 Å². The third-order valence-corrected chi connectivity index (χ3v) is 3.12. The van der Waals surface area contributed by atoms with Gasteiger partial charge in [-0.15, -0.1) is 0 Å². The minimum atomic E-state index is -2.70. The number of rotatable bonds is 10. The molecule has 0 rings (SSSR count). The lowest BCUT2D eigenvalue weighted by Gasteiger charge is -2.21. The van der Waals surface area contributed by atoms with E-state index in [2.05, 4.69) is 18.2 Å². The zero-order valence-electron chi connectivity index (χ0n) is 12.3. The highest BCUT2D eigenvalue weighted by Crippen LogP contribution is 2.30. The molecule has 19 heavy (non-hydrogen) atoms. The van der Waals surface area contributed by atoms with Crippen molar-refractivity contribution < 1.29 is 18.3 Å². The van der Waals surface area contributed by atoms with Crippen molar-refractivity contribution in [1.82, 2.24) is 0 Å². The van der Waals surface area contributed by atoms with E-state index >= 15 is 0 Å². The maximum Gasteiger partial charge on any atom is 0.333 e. The van der Waals surface area contributed by atoms with Gasteiger partial charge >= 0.3 is 5.97 Å². The molecule has 0 radical (unpaired) electrons. The fraction of sp³-hybridized carbons (Fsp3) is 0.800. The van der Waals surface area contributed by atoms with Gasteiger partial charge in [0.05, 0.1) is 7.11 Å². The number of hydrogen-bond donors (Lipinski definition) is 0. The first kappa shape index (κ1) is 18.1. The van der Waals surface area contributed by atoms with E-state index in [1.54, 1.807) is 0 Å². The minimum Gasteiger partial charge on any atom is -0.466 e. The second-order valence-corrected chi connectivity index (χ2v) is 5.29. The first-order valence-electron chi connectivity index (χ1n) is 6.94. The molecule has 0 saturated carbocycles. The number of alkyl halides is 2. The lowest BCUT2D eigenvalue weighted by Crippen LogP contribution is -2.19. The highest BCUT2D eigenvalue weighted by atomic mass is 19.3. The number of esters is 1. The molecule has 0 amide bonds. The quantitative estimate of drug-likeness (QED) is 0.327. The van der Waals surface area contributed by atoms with Crippen LogP contribution in [0.25, 0.3) is 0 Å². The van der Waals surface area contributed by atoms with Crippen LogP contribution in [0.4, 0.5) is 8.78 Å². The van der Waals surface area contributed by atoms with Crippen molar-refractivity contribution in [2.75, 3.05) is 7.11 Å². The summed E-state index contributed by atoms with van der Waals surface area (Å²) >= 11 is 0. The van der Waals surface area contributed by atoms with Crippen molar-refractivity contribution in [1.29, 1.82) is 0 Å². The molecule has 0 aromatic heterocycles. The standard InChI is InChI=1S/C15H26F2O2/c1-5-6-7-8-9-13(11-15(3,16)17)10-12(2)14(18)19-4/h13H,2,5-11H2,1,3-4H3/t13-/m0/s1. The molecule has 0 aromatic carbocycles. The number of hydrogen-bond acceptors (Lipinski definition) is 2. The van der Waals surface area contributed by atoms with E-state index in [0.29, 0.717) is 12.8 Å². The molecule has 112 valence electrons. The average molecular weight is 276 g/mol. The number of ether oxygens (including phenoxy) is 1. The molecule has 0 spiro atoms. The number of unbranched alkanes of at least 4 members (excludes halogenated alkanes) is 3. The number of carbonyl (C=O) groups is 1. The van der Waals surface area contributed by atoms with Gasteiger partial charge in [-0.05, 0) is 25.7 Å². The van der Waals surface area contributed by atoms with Crippen LogP contribution >= 0.6 is 0 Å². The van der Waals surface area contributed by atoms with Crippen LogP contribution in [0.3, 0.4) is 0 Å². The van der Waals surface area contributed by atoms with Crippen molar-refractivity contribution in [2.24, 2.45) is 5.92 Å². The van der Waals surface area contributed by atoms with Crippen LogP contribution in [0.15, 0.2) is 12.2 Å². The van der Waals surface area contributed by atoms with Gasteiger partial charge < -0.3 is 4.74 Å². The lowest BCUT2D eigenvalue weighted by atomic mass is 9.89. The molecule has 2 nitrogen and oxygen atoms in total. The summed E-state index contributed by atoms with van der Waals surface area (Å²) in [5, 5.41) is 0. The first-order chi connectivity index (χ1) is 8.80. The Hall–Kier alpha value is -0.930. The summed E-state index contributed by atoms with van der Waals surface area (Å²) in [6, 6.07) is 0. The number of carbonyl (C=O) groups excluding carboxylic acids is 1. The highest BCUT2D eigenvalue weighted by Gasteiger charge is 2.27. The van der Waals surface area contributed by atoms with Crippen LogP contribution in [0.1, 0.15) is 58.8 Å². The molecular weight excluding hydrogens is 250 g/mol. The molecule has 0 N–H and O–H groups in total. The Labute approximate surface area is 115 Å². The fourth-order valence-electron chi connectivity index (χ4n) is 2.22. The molecule has 0 unspecified atom stereocenters. The molecule has 4 heteroatoms. The molecule has 0 aromatic rings. The molecular formula is C15H26F2O2. The molecule has 0 fully saturated rings. The summed E-state index contributed by atoms with van der Waals surface area (Å²) in [6.07, 6.45) is 5.00. The Kier molecular flexibility index (Phi) is 8.61. The third-order valence-electron chi connectivity index (χ3n) is 3.12.